The van der Waals surface area contributed by atoms with E-state index in [4.69, 9.17) is 4.74 Å². The molecule has 120 valence electrons. The molecule has 0 aromatic heterocycles. The molecule has 0 amide bonds. The van der Waals surface area contributed by atoms with Gasteiger partial charge in [0.25, 0.3) is 0 Å². The van der Waals surface area contributed by atoms with Gasteiger partial charge in [-0.25, -0.2) is 0 Å². The molecule has 2 heteroatoms. The van der Waals surface area contributed by atoms with E-state index in [0.717, 1.165) is 25.6 Å². The van der Waals surface area contributed by atoms with Crippen molar-refractivity contribution < 1.29 is 4.74 Å². The molecular weight excluding hydrogens is 258 g/mol. The maximum absolute atomic E-state index is 5.11. The Morgan fingerprint density at radius 1 is 1.10 bits per heavy atom. The molecule has 21 heavy (non-hydrogen) atoms. The summed E-state index contributed by atoms with van der Waals surface area (Å²) in [5, 5.41) is 3.53. The lowest BCUT2D eigenvalue weighted by molar-refractivity contribution is 0.197. The molecule has 0 saturated carbocycles. The first-order valence-corrected chi connectivity index (χ1v) is 8.51. The van der Waals surface area contributed by atoms with Gasteiger partial charge in [-0.1, -0.05) is 62.4 Å². The van der Waals surface area contributed by atoms with E-state index < -0.39 is 0 Å². The number of hydrogen-bond acceptors (Lipinski definition) is 2. The van der Waals surface area contributed by atoms with Crippen molar-refractivity contribution in [3.63, 3.8) is 0 Å². The molecule has 1 rings (SSSR count). The molecule has 0 spiro atoms. The van der Waals surface area contributed by atoms with E-state index in [0.29, 0.717) is 0 Å². The van der Waals surface area contributed by atoms with E-state index in [1.54, 1.807) is 7.11 Å². The topological polar surface area (TPSA) is 21.3 Å². The van der Waals surface area contributed by atoms with Gasteiger partial charge < -0.3 is 10.1 Å². The maximum Gasteiger partial charge on any atom is 0.0587 e. The molecule has 2 nitrogen and oxygen atoms in total. The molecule has 0 radical (unpaired) electrons. The van der Waals surface area contributed by atoms with Crippen LogP contribution in [0.5, 0.6) is 0 Å². The summed E-state index contributed by atoms with van der Waals surface area (Å²) in [6.45, 7) is 7.28. The first kappa shape index (κ1) is 18.2. The SMILES string of the molecule is CCCCCCC(CNCCOC)Cc1ccc(C)cc1. The lowest BCUT2D eigenvalue weighted by Crippen LogP contribution is -2.27. The van der Waals surface area contributed by atoms with Gasteiger partial charge in [0.2, 0.25) is 0 Å². The third-order valence-electron chi connectivity index (χ3n) is 4.03. The van der Waals surface area contributed by atoms with Crippen LogP contribution in [0.2, 0.25) is 0 Å². The quantitative estimate of drug-likeness (QED) is 0.578. The number of benzene rings is 1. The fraction of sp³-hybridized carbons (Fsp3) is 0.684. The minimum Gasteiger partial charge on any atom is -0.383 e. The average Bonchev–Trinajstić information content (AvgIpc) is 2.50. The Bertz CT molecular complexity index is 335. The summed E-state index contributed by atoms with van der Waals surface area (Å²) in [5.74, 6) is 0.737. The third-order valence-corrected chi connectivity index (χ3v) is 4.03. The molecule has 1 unspecified atom stereocenters. The van der Waals surface area contributed by atoms with E-state index in [-0.39, 0.29) is 0 Å². The molecule has 1 atom stereocenters. The largest absolute Gasteiger partial charge is 0.383 e. The smallest absolute Gasteiger partial charge is 0.0587 e. The number of unbranched alkanes of at least 4 members (excludes halogenated alkanes) is 3. The Labute approximate surface area is 131 Å². The zero-order valence-electron chi connectivity index (χ0n) is 14.2. The van der Waals surface area contributed by atoms with Gasteiger partial charge in [0.15, 0.2) is 0 Å². The van der Waals surface area contributed by atoms with Crippen molar-refractivity contribution in [1.82, 2.24) is 5.32 Å². The lowest BCUT2D eigenvalue weighted by Gasteiger charge is -2.18. The minimum absolute atomic E-state index is 0.737. The highest BCUT2D eigenvalue weighted by atomic mass is 16.5. The summed E-state index contributed by atoms with van der Waals surface area (Å²) < 4.78 is 5.11. The zero-order valence-corrected chi connectivity index (χ0v) is 14.2. The second-order valence-corrected chi connectivity index (χ2v) is 6.10. The molecule has 1 aromatic rings. The Morgan fingerprint density at radius 2 is 1.86 bits per heavy atom. The van der Waals surface area contributed by atoms with E-state index in [9.17, 15) is 0 Å². The number of ether oxygens (including phenoxy) is 1. The number of rotatable bonds is 12. The number of nitrogens with one attached hydrogen (secondary N) is 1. The molecule has 0 heterocycles. The summed E-state index contributed by atoms with van der Waals surface area (Å²) in [5.41, 5.74) is 2.81. The van der Waals surface area contributed by atoms with Crippen molar-refractivity contribution in [2.24, 2.45) is 5.92 Å². The van der Waals surface area contributed by atoms with Gasteiger partial charge in [-0.2, -0.15) is 0 Å². The van der Waals surface area contributed by atoms with E-state index >= 15 is 0 Å². The van der Waals surface area contributed by atoms with Gasteiger partial charge in [-0.3, -0.25) is 0 Å². The standard InChI is InChI=1S/C19H33NO/c1-4-5-6-7-8-19(16-20-13-14-21-3)15-18-11-9-17(2)10-12-18/h9-12,19-20H,4-8,13-16H2,1-3H3. The van der Waals surface area contributed by atoms with Gasteiger partial charge in [0, 0.05) is 13.7 Å². The van der Waals surface area contributed by atoms with Crippen LogP contribution in [-0.4, -0.2) is 26.8 Å². The molecule has 0 fully saturated rings. The Morgan fingerprint density at radius 3 is 2.52 bits per heavy atom. The molecule has 0 aliphatic rings. The van der Waals surface area contributed by atoms with Crippen molar-refractivity contribution >= 4 is 0 Å². The van der Waals surface area contributed by atoms with Crippen LogP contribution >= 0.6 is 0 Å². The second-order valence-electron chi connectivity index (χ2n) is 6.10. The van der Waals surface area contributed by atoms with Gasteiger partial charge in [0.05, 0.1) is 6.61 Å². The summed E-state index contributed by atoms with van der Waals surface area (Å²) in [6.07, 6.45) is 7.93. The highest BCUT2D eigenvalue weighted by Crippen LogP contribution is 2.16. The van der Waals surface area contributed by atoms with Crippen LogP contribution < -0.4 is 5.32 Å². The third kappa shape index (κ3) is 8.90. The fourth-order valence-corrected chi connectivity index (χ4v) is 2.67. The maximum atomic E-state index is 5.11. The molecule has 0 aliphatic heterocycles. The van der Waals surface area contributed by atoms with Gasteiger partial charge in [0.1, 0.15) is 0 Å². The monoisotopic (exact) mass is 291 g/mol. The van der Waals surface area contributed by atoms with Crippen LogP contribution in [0.4, 0.5) is 0 Å². The van der Waals surface area contributed by atoms with Crippen molar-refractivity contribution in [2.45, 2.75) is 52.4 Å². The summed E-state index contributed by atoms with van der Waals surface area (Å²) in [4.78, 5) is 0. The van der Waals surface area contributed by atoms with Crippen LogP contribution in [0, 0.1) is 12.8 Å². The highest BCUT2D eigenvalue weighted by Gasteiger charge is 2.09. The summed E-state index contributed by atoms with van der Waals surface area (Å²) in [6, 6.07) is 9.01. The van der Waals surface area contributed by atoms with Crippen LogP contribution in [0.15, 0.2) is 24.3 Å². The van der Waals surface area contributed by atoms with E-state index in [2.05, 4.69) is 43.4 Å². The first-order valence-electron chi connectivity index (χ1n) is 8.51. The van der Waals surface area contributed by atoms with Crippen molar-refractivity contribution in [3.05, 3.63) is 35.4 Å². The van der Waals surface area contributed by atoms with Gasteiger partial charge >= 0.3 is 0 Å². The van der Waals surface area contributed by atoms with Crippen LogP contribution in [0.1, 0.15) is 50.2 Å². The normalized spacial score (nSPS) is 12.5. The van der Waals surface area contributed by atoms with Crippen LogP contribution in [-0.2, 0) is 11.2 Å². The molecule has 0 aliphatic carbocycles. The lowest BCUT2D eigenvalue weighted by atomic mass is 9.93. The minimum atomic E-state index is 0.737. The van der Waals surface area contributed by atoms with Crippen LogP contribution in [0.25, 0.3) is 0 Å². The zero-order chi connectivity index (χ0) is 15.3. The molecule has 1 aromatic carbocycles. The second kappa shape index (κ2) is 11.8. The predicted molar refractivity (Wildman–Crippen MR) is 91.9 cm³/mol. The summed E-state index contributed by atoms with van der Waals surface area (Å²) >= 11 is 0. The van der Waals surface area contributed by atoms with Gasteiger partial charge in [-0.15, -0.1) is 0 Å². The van der Waals surface area contributed by atoms with Crippen molar-refractivity contribution in [2.75, 3.05) is 26.8 Å². The van der Waals surface area contributed by atoms with Crippen molar-refractivity contribution in [3.8, 4) is 0 Å². The Balaban J connectivity index is 2.39. The fourth-order valence-electron chi connectivity index (χ4n) is 2.67. The highest BCUT2D eigenvalue weighted by molar-refractivity contribution is 5.21. The molecule has 1 N–H and O–H groups in total. The molecule has 0 bridgehead atoms. The van der Waals surface area contributed by atoms with E-state index in [1.165, 1.54) is 49.7 Å². The Kier molecular flexibility index (Phi) is 10.2. The van der Waals surface area contributed by atoms with Gasteiger partial charge in [-0.05, 0) is 37.8 Å². The first-order chi connectivity index (χ1) is 10.3. The number of methoxy groups -OCH3 is 1. The van der Waals surface area contributed by atoms with Crippen molar-refractivity contribution in [1.29, 1.82) is 0 Å². The molecular formula is C19H33NO. The Hall–Kier alpha value is -0.860. The number of hydrogen-bond donors (Lipinski definition) is 1. The summed E-state index contributed by atoms with van der Waals surface area (Å²) in [7, 11) is 1.76. The van der Waals surface area contributed by atoms with E-state index in [1.807, 2.05) is 0 Å². The number of aryl methyl sites for hydroxylation is 1. The molecule has 0 saturated heterocycles. The average molecular weight is 291 g/mol. The van der Waals surface area contributed by atoms with Crippen LogP contribution in [0.3, 0.4) is 0 Å². The predicted octanol–water partition coefficient (Wildman–Crippen LogP) is 4.36.